The van der Waals surface area contributed by atoms with Crippen molar-refractivity contribution in [1.82, 2.24) is 10.2 Å². The smallest absolute Gasteiger partial charge is 0.151 e. The van der Waals surface area contributed by atoms with Crippen LogP contribution in [0.25, 0.3) is 0 Å². The Balaban J connectivity index is 1.90. The summed E-state index contributed by atoms with van der Waals surface area (Å²) in [7, 11) is -2.85. The van der Waals surface area contributed by atoms with Crippen LogP contribution in [0, 0.1) is 0 Å². The molecule has 0 amide bonds. The van der Waals surface area contributed by atoms with Gasteiger partial charge in [-0.1, -0.05) is 0 Å². The Morgan fingerprint density at radius 2 is 2.05 bits per heavy atom. The number of aliphatic hydroxyl groups excluding tert-OH is 1. The first-order chi connectivity index (χ1) is 9.34. The van der Waals surface area contributed by atoms with Crippen LogP contribution in [0.15, 0.2) is 0 Å². The van der Waals surface area contributed by atoms with Crippen molar-refractivity contribution >= 4 is 9.84 Å². The van der Waals surface area contributed by atoms with Gasteiger partial charge in [-0.25, -0.2) is 8.42 Å². The maximum absolute atomic E-state index is 11.7. The molecule has 1 saturated carbocycles. The molecule has 0 radical (unpaired) electrons. The Hall–Kier alpha value is -0.170. The van der Waals surface area contributed by atoms with Crippen molar-refractivity contribution < 1.29 is 13.5 Å². The molecule has 2 atom stereocenters. The minimum Gasteiger partial charge on any atom is -0.394 e. The van der Waals surface area contributed by atoms with Crippen LogP contribution in [0.2, 0.25) is 0 Å². The van der Waals surface area contributed by atoms with Crippen LogP contribution in [0.5, 0.6) is 0 Å². The third-order valence-electron chi connectivity index (χ3n) is 4.44. The van der Waals surface area contributed by atoms with Gasteiger partial charge in [-0.05, 0) is 46.1 Å². The second kappa shape index (κ2) is 6.30. The summed E-state index contributed by atoms with van der Waals surface area (Å²) in [4.78, 5) is 2.26. The van der Waals surface area contributed by atoms with Gasteiger partial charge in [0.25, 0.3) is 0 Å². The SMILES string of the molecule is CC(CC(C)(CO)NC1CC1)N1CCCS(=O)(=O)CC1. The molecule has 2 unspecified atom stereocenters. The fourth-order valence-corrected chi connectivity index (χ4v) is 4.35. The van der Waals surface area contributed by atoms with E-state index in [1.165, 1.54) is 12.8 Å². The summed E-state index contributed by atoms with van der Waals surface area (Å²) in [6.07, 6.45) is 3.97. The molecule has 0 aromatic heterocycles. The molecule has 0 bridgehead atoms. The predicted octanol–water partition coefficient (Wildman–Crippen LogP) is 0.389. The average Bonchev–Trinajstić information content (AvgIpc) is 3.17. The number of nitrogens with zero attached hydrogens (tertiary/aromatic N) is 1. The summed E-state index contributed by atoms with van der Waals surface area (Å²) in [5, 5.41) is 13.2. The second-order valence-electron chi connectivity index (χ2n) is 6.73. The minimum atomic E-state index is -2.85. The molecule has 2 fully saturated rings. The maximum atomic E-state index is 11.7. The fourth-order valence-electron chi connectivity index (χ4n) is 3.07. The van der Waals surface area contributed by atoms with Crippen molar-refractivity contribution in [2.45, 2.75) is 57.2 Å². The van der Waals surface area contributed by atoms with Crippen LogP contribution in [0.1, 0.15) is 39.5 Å². The van der Waals surface area contributed by atoms with Gasteiger partial charge in [0, 0.05) is 24.2 Å². The summed E-state index contributed by atoms with van der Waals surface area (Å²) in [6, 6.07) is 0.843. The van der Waals surface area contributed by atoms with E-state index in [4.69, 9.17) is 0 Å². The molecular weight excluding hydrogens is 276 g/mol. The van der Waals surface area contributed by atoms with E-state index in [0.29, 0.717) is 18.3 Å². The Morgan fingerprint density at radius 3 is 2.65 bits per heavy atom. The molecule has 1 aliphatic carbocycles. The Labute approximate surface area is 122 Å². The summed E-state index contributed by atoms with van der Waals surface area (Å²) in [6.45, 7) is 5.79. The molecule has 2 N–H and O–H groups in total. The zero-order valence-electron chi connectivity index (χ0n) is 12.6. The molecule has 0 aromatic carbocycles. The summed E-state index contributed by atoms with van der Waals surface area (Å²) in [5.74, 6) is 0.580. The Morgan fingerprint density at radius 1 is 1.35 bits per heavy atom. The third-order valence-corrected chi connectivity index (χ3v) is 6.15. The molecule has 5 nitrogen and oxygen atoms in total. The lowest BCUT2D eigenvalue weighted by Crippen LogP contribution is -2.51. The van der Waals surface area contributed by atoms with Gasteiger partial charge in [0.05, 0.1) is 18.1 Å². The zero-order valence-corrected chi connectivity index (χ0v) is 13.5. The van der Waals surface area contributed by atoms with Crippen molar-refractivity contribution in [1.29, 1.82) is 0 Å². The lowest BCUT2D eigenvalue weighted by atomic mass is 9.93. The Bertz CT molecular complexity index is 422. The van der Waals surface area contributed by atoms with E-state index < -0.39 is 9.84 Å². The van der Waals surface area contributed by atoms with E-state index in [2.05, 4.69) is 24.1 Å². The van der Waals surface area contributed by atoms with E-state index in [1.807, 2.05) is 0 Å². The first-order valence-corrected chi connectivity index (χ1v) is 9.49. The van der Waals surface area contributed by atoms with E-state index in [0.717, 1.165) is 19.4 Å². The van der Waals surface area contributed by atoms with Gasteiger partial charge in [-0.2, -0.15) is 0 Å². The van der Waals surface area contributed by atoms with Gasteiger partial charge < -0.3 is 10.4 Å². The van der Waals surface area contributed by atoms with Gasteiger partial charge in [0.15, 0.2) is 9.84 Å². The summed E-state index contributed by atoms with van der Waals surface area (Å²) >= 11 is 0. The lowest BCUT2D eigenvalue weighted by molar-refractivity contribution is 0.117. The highest BCUT2D eigenvalue weighted by atomic mass is 32.2. The fraction of sp³-hybridized carbons (Fsp3) is 1.00. The first-order valence-electron chi connectivity index (χ1n) is 7.67. The Kier molecular flexibility index (Phi) is 5.10. The van der Waals surface area contributed by atoms with Crippen LogP contribution >= 0.6 is 0 Å². The highest BCUT2D eigenvalue weighted by Gasteiger charge is 2.34. The standard InChI is InChI=1S/C14H28N2O3S/c1-12(10-14(2,11-17)15-13-4-5-13)16-6-3-8-20(18,19)9-7-16/h12-13,15,17H,3-11H2,1-2H3. The van der Waals surface area contributed by atoms with Crippen molar-refractivity contribution in [2.75, 3.05) is 31.2 Å². The number of hydrogen-bond donors (Lipinski definition) is 2. The quantitative estimate of drug-likeness (QED) is 0.743. The maximum Gasteiger partial charge on any atom is 0.151 e. The average molecular weight is 304 g/mol. The van der Waals surface area contributed by atoms with E-state index in [9.17, 15) is 13.5 Å². The molecular formula is C14H28N2O3S. The summed E-state index contributed by atoms with van der Waals surface area (Å²) < 4.78 is 23.3. The molecule has 2 rings (SSSR count). The van der Waals surface area contributed by atoms with Crippen LogP contribution in [0.4, 0.5) is 0 Å². The van der Waals surface area contributed by atoms with Crippen molar-refractivity contribution in [2.24, 2.45) is 0 Å². The normalized spacial score (nSPS) is 28.6. The molecule has 6 heteroatoms. The highest BCUT2D eigenvalue weighted by Crippen LogP contribution is 2.26. The van der Waals surface area contributed by atoms with Crippen LogP contribution in [-0.4, -0.2) is 67.2 Å². The van der Waals surface area contributed by atoms with Gasteiger partial charge >= 0.3 is 0 Å². The van der Waals surface area contributed by atoms with Gasteiger partial charge in [0.2, 0.25) is 0 Å². The monoisotopic (exact) mass is 304 g/mol. The predicted molar refractivity (Wildman–Crippen MR) is 80.6 cm³/mol. The molecule has 2 aliphatic rings. The first kappa shape index (κ1) is 16.2. The number of hydrogen-bond acceptors (Lipinski definition) is 5. The molecule has 1 aliphatic heterocycles. The third kappa shape index (κ3) is 4.69. The lowest BCUT2D eigenvalue weighted by Gasteiger charge is -2.36. The van der Waals surface area contributed by atoms with Gasteiger partial charge in [-0.15, -0.1) is 0 Å². The molecule has 118 valence electrons. The number of aliphatic hydroxyl groups is 1. The molecule has 1 heterocycles. The largest absolute Gasteiger partial charge is 0.394 e. The van der Waals surface area contributed by atoms with E-state index >= 15 is 0 Å². The number of nitrogens with one attached hydrogen (secondary N) is 1. The molecule has 0 spiro atoms. The number of rotatable bonds is 6. The van der Waals surface area contributed by atoms with Crippen molar-refractivity contribution in [3.8, 4) is 0 Å². The summed E-state index contributed by atoms with van der Waals surface area (Å²) in [5.41, 5.74) is -0.258. The molecule has 0 aromatic rings. The number of sulfone groups is 1. The van der Waals surface area contributed by atoms with Gasteiger partial charge in [0.1, 0.15) is 0 Å². The van der Waals surface area contributed by atoms with Crippen LogP contribution in [-0.2, 0) is 9.84 Å². The minimum absolute atomic E-state index is 0.125. The second-order valence-corrected chi connectivity index (χ2v) is 9.04. The van der Waals surface area contributed by atoms with Crippen molar-refractivity contribution in [3.63, 3.8) is 0 Å². The van der Waals surface area contributed by atoms with Crippen LogP contribution in [0.3, 0.4) is 0 Å². The zero-order chi connectivity index (χ0) is 14.8. The van der Waals surface area contributed by atoms with E-state index in [-0.39, 0.29) is 23.9 Å². The topological polar surface area (TPSA) is 69.6 Å². The van der Waals surface area contributed by atoms with Crippen LogP contribution < -0.4 is 5.32 Å². The molecule has 1 saturated heterocycles. The van der Waals surface area contributed by atoms with Gasteiger partial charge in [-0.3, -0.25) is 4.90 Å². The molecule has 20 heavy (non-hydrogen) atoms. The highest BCUT2D eigenvalue weighted by molar-refractivity contribution is 7.91. The van der Waals surface area contributed by atoms with E-state index in [1.54, 1.807) is 0 Å². The van der Waals surface area contributed by atoms with Crippen molar-refractivity contribution in [3.05, 3.63) is 0 Å².